The third-order valence-electron chi connectivity index (χ3n) is 3.05. The highest BCUT2D eigenvalue weighted by atomic mass is 79.9. The molecule has 3 heteroatoms. The van der Waals surface area contributed by atoms with Crippen molar-refractivity contribution in [1.29, 1.82) is 0 Å². The first kappa shape index (κ1) is 11.8. The van der Waals surface area contributed by atoms with E-state index >= 15 is 0 Å². The largest absolute Gasteiger partial charge is 0.381 e. The zero-order valence-corrected chi connectivity index (χ0v) is 10.9. The monoisotopic (exact) mass is 282 g/mol. The lowest BCUT2D eigenvalue weighted by atomic mass is 9.91. The minimum Gasteiger partial charge on any atom is -0.381 e. The zero-order valence-electron chi connectivity index (χ0n) is 9.33. The number of ketones is 1. The van der Waals surface area contributed by atoms with Crippen molar-refractivity contribution in [1.82, 2.24) is 0 Å². The molecule has 0 atom stereocenters. The number of hydrogen-bond donors (Lipinski definition) is 0. The van der Waals surface area contributed by atoms with E-state index in [1.54, 1.807) is 0 Å². The minimum absolute atomic E-state index is 0.142. The van der Waals surface area contributed by atoms with Crippen LogP contribution in [0, 0.1) is 12.8 Å². The number of carbonyl (C=O) groups is 1. The molecule has 0 spiro atoms. The summed E-state index contributed by atoms with van der Waals surface area (Å²) in [5.41, 5.74) is 1.97. The maximum Gasteiger partial charge on any atom is 0.166 e. The molecule has 0 aromatic heterocycles. The quantitative estimate of drug-likeness (QED) is 0.778. The first-order valence-corrected chi connectivity index (χ1v) is 6.36. The summed E-state index contributed by atoms with van der Waals surface area (Å²) in [6.45, 7) is 3.44. The molecule has 0 bridgehead atoms. The molecule has 1 fully saturated rings. The number of Topliss-reactive ketones (excluding diaryl/α,β-unsaturated/α-hetero) is 1. The SMILES string of the molecule is Cc1ccc(C(=O)C2CCOCC2)cc1Br. The van der Waals surface area contributed by atoms with Crippen molar-refractivity contribution in [2.24, 2.45) is 5.92 Å². The molecular weight excluding hydrogens is 268 g/mol. The van der Waals surface area contributed by atoms with Gasteiger partial charge in [0.2, 0.25) is 0 Å². The molecule has 0 N–H and O–H groups in total. The van der Waals surface area contributed by atoms with Crippen molar-refractivity contribution in [2.75, 3.05) is 13.2 Å². The summed E-state index contributed by atoms with van der Waals surface area (Å²) in [6, 6.07) is 5.82. The number of carbonyl (C=O) groups excluding carboxylic acids is 1. The number of aryl methyl sites for hydroxylation is 1. The fraction of sp³-hybridized carbons (Fsp3) is 0.462. The van der Waals surface area contributed by atoms with E-state index in [4.69, 9.17) is 4.74 Å². The Bertz CT molecular complexity index is 395. The fourth-order valence-corrected chi connectivity index (χ4v) is 2.32. The van der Waals surface area contributed by atoms with Gasteiger partial charge in [-0.2, -0.15) is 0 Å². The van der Waals surface area contributed by atoms with Crippen LogP contribution < -0.4 is 0 Å². The summed E-state index contributed by atoms with van der Waals surface area (Å²) in [5, 5.41) is 0. The van der Waals surface area contributed by atoms with Gasteiger partial charge in [-0.15, -0.1) is 0 Å². The van der Waals surface area contributed by atoms with E-state index in [0.717, 1.165) is 28.4 Å². The third kappa shape index (κ3) is 2.53. The molecule has 0 saturated carbocycles. The number of halogens is 1. The highest BCUT2D eigenvalue weighted by Crippen LogP contribution is 2.23. The standard InChI is InChI=1S/C13H15BrO2/c1-9-2-3-11(8-12(9)14)13(15)10-4-6-16-7-5-10/h2-3,8,10H,4-7H2,1H3. The lowest BCUT2D eigenvalue weighted by Gasteiger charge is -2.20. The van der Waals surface area contributed by atoms with Crippen LogP contribution in [0.3, 0.4) is 0 Å². The van der Waals surface area contributed by atoms with E-state index in [0.29, 0.717) is 13.2 Å². The molecule has 1 aromatic carbocycles. The van der Waals surface area contributed by atoms with Gasteiger partial charge < -0.3 is 4.74 Å². The molecule has 1 aliphatic heterocycles. The summed E-state index contributed by atoms with van der Waals surface area (Å²) in [6.07, 6.45) is 1.70. The van der Waals surface area contributed by atoms with E-state index in [2.05, 4.69) is 15.9 Å². The summed E-state index contributed by atoms with van der Waals surface area (Å²) < 4.78 is 6.27. The number of hydrogen-bond acceptors (Lipinski definition) is 2. The van der Waals surface area contributed by atoms with Gasteiger partial charge in [-0.25, -0.2) is 0 Å². The Morgan fingerprint density at radius 3 is 2.69 bits per heavy atom. The van der Waals surface area contributed by atoms with Gasteiger partial charge in [-0.3, -0.25) is 4.79 Å². The van der Waals surface area contributed by atoms with Crippen molar-refractivity contribution < 1.29 is 9.53 Å². The zero-order chi connectivity index (χ0) is 11.5. The summed E-state index contributed by atoms with van der Waals surface area (Å²) in [7, 11) is 0. The second-order valence-corrected chi connectivity index (χ2v) is 5.07. The average Bonchev–Trinajstić information content (AvgIpc) is 2.33. The number of ether oxygens (including phenoxy) is 1. The average molecular weight is 283 g/mol. The van der Waals surface area contributed by atoms with Crippen LogP contribution in [-0.4, -0.2) is 19.0 Å². The Kier molecular flexibility index (Phi) is 3.77. The third-order valence-corrected chi connectivity index (χ3v) is 3.90. The smallest absolute Gasteiger partial charge is 0.166 e. The maximum atomic E-state index is 12.2. The van der Waals surface area contributed by atoms with Crippen LogP contribution >= 0.6 is 15.9 Å². The molecule has 0 unspecified atom stereocenters. The molecule has 2 nitrogen and oxygen atoms in total. The first-order valence-electron chi connectivity index (χ1n) is 5.56. The highest BCUT2D eigenvalue weighted by Gasteiger charge is 2.22. The molecule has 1 saturated heterocycles. The van der Waals surface area contributed by atoms with Gasteiger partial charge in [0.05, 0.1) is 0 Å². The number of benzene rings is 1. The predicted octanol–water partition coefficient (Wildman–Crippen LogP) is 3.37. The second kappa shape index (κ2) is 5.11. The van der Waals surface area contributed by atoms with Crippen molar-refractivity contribution >= 4 is 21.7 Å². The molecule has 16 heavy (non-hydrogen) atoms. The van der Waals surface area contributed by atoms with E-state index in [1.165, 1.54) is 0 Å². The molecular formula is C13H15BrO2. The van der Waals surface area contributed by atoms with Crippen molar-refractivity contribution in [2.45, 2.75) is 19.8 Å². The summed E-state index contributed by atoms with van der Waals surface area (Å²) >= 11 is 3.46. The van der Waals surface area contributed by atoms with Gasteiger partial charge in [0.1, 0.15) is 0 Å². The normalized spacial score (nSPS) is 17.4. The molecule has 0 amide bonds. The highest BCUT2D eigenvalue weighted by molar-refractivity contribution is 9.10. The van der Waals surface area contributed by atoms with Gasteiger partial charge in [-0.05, 0) is 31.4 Å². The first-order chi connectivity index (χ1) is 7.68. The molecule has 2 rings (SSSR count). The van der Waals surface area contributed by atoms with Crippen LogP contribution in [-0.2, 0) is 4.74 Å². The van der Waals surface area contributed by atoms with E-state index in [-0.39, 0.29) is 11.7 Å². The lowest BCUT2D eigenvalue weighted by Crippen LogP contribution is -2.23. The molecule has 0 aliphatic carbocycles. The van der Waals surface area contributed by atoms with Crippen LogP contribution in [0.4, 0.5) is 0 Å². The molecule has 1 aliphatic rings. The van der Waals surface area contributed by atoms with Gasteiger partial charge in [-0.1, -0.05) is 28.1 Å². The van der Waals surface area contributed by atoms with Gasteiger partial charge in [0.25, 0.3) is 0 Å². The van der Waals surface area contributed by atoms with Crippen LogP contribution in [0.2, 0.25) is 0 Å². The Balaban J connectivity index is 2.16. The molecule has 1 aromatic rings. The van der Waals surface area contributed by atoms with E-state index in [9.17, 15) is 4.79 Å². The van der Waals surface area contributed by atoms with Crippen molar-refractivity contribution in [3.05, 3.63) is 33.8 Å². The van der Waals surface area contributed by atoms with Crippen molar-refractivity contribution in [3.8, 4) is 0 Å². The summed E-state index contributed by atoms with van der Waals surface area (Å²) in [4.78, 5) is 12.2. The lowest BCUT2D eigenvalue weighted by molar-refractivity contribution is 0.0545. The van der Waals surface area contributed by atoms with Gasteiger partial charge in [0, 0.05) is 29.2 Å². The summed E-state index contributed by atoms with van der Waals surface area (Å²) in [5.74, 6) is 0.396. The fourth-order valence-electron chi connectivity index (χ4n) is 1.94. The molecule has 0 radical (unpaired) electrons. The van der Waals surface area contributed by atoms with E-state index < -0.39 is 0 Å². The maximum absolute atomic E-state index is 12.2. The Labute approximate surface area is 104 Å². The number of rotatable bonds is 2. The predicted molar refractivity (Wildman–Crippen MR) is 66.8 cm³/mol. The van der Waals surface area contributed by atoms with Crippen LogP contribution in [0.5, 0.6) is 0 Å². The van der Waals surface area contributed by atoms with E-state index in [1.807, 2.05) is 25.1 Å². The topological polar surface area (TPSA) is 26.3 Å². The molecule has 1 heterocycles. The Morgan fingerprint density at radius 2 is 2.06 bits per heavy atom. The van der Waals surface area contributed by atoms with Crippen LogP contribution in [0.15, 0.2) is 22.7 Å². The van der Waals surface area contributed by atoms with Crippen LogP contribution in [0.1, 0.15) is 28.8 Å². The molecule has 86 valence electrons. The van der Waals surface area contributed by atoms with Gasteiger partial charge in [0.15, 0.2) is 5.78 Å². The Hall–Kier alpha value is -0.670. The van der Waals surface area contributed by atoms with Gasteiger partial charge >= 0.3 is 0 Å². The second-order valence-electron chi connectivity index (χ2n) is 4.21. The minimum atomic E-state index is 0.142. The van der Waals surface area contributed by atoms with Crippen LogP contribution in [0.25, 0.3) is 0 Å². The van der Waals surface area contributed by atoms with Crippen molar-refractivity contribution in [3.63, 3.8) is 0 Å². The Morgan fingerprint density at radius 1 is 1.38 bits per heavy atom.